The van der Waals surface area contributed by atoms with Gasteiger partial charge in [-0.05, 0) is 24.3 Å². The molecule has 0 bridgehead atoms. The zero-order chi connectivity index (χ0) is 14.4. The topological polar surface area (TPSA) is 46.3 Å². The number of nitrogens with two attached hydrogens (primary N) is 1. The highest BCUT2D eigenvalue weighted by molar-refractivity contribution is 6.07. The average molecular weight is 264 g/mol. The molecule has 1 amide bonds. The summed E-state index contributed by atoms with van der Waals surface area (Å²) in [5.41, 5.74) is 7.51. The van der Waals surface area contributed by atoms with E-state index in [1.807, 2.05) is 48.5 Å². The summed E-state index contributed by atoms with van der Waals surface area (Å²) in [6.45, 7) is 0.275. The van der Waals surface area contributed by atoms with Crippen molar-refractivity contribution in [3.8, 4) is 11.8 Å². The van der Waals surface area contributed by atoms with E-state index in [1.165, 1.54) is 0 Å². The molecule has 0 saturated carbocycles. The summed E-state index contributed by atoms with van der Waals surface area (Å²) in [5, 5.41) is 0. The molecule has 0 aliphatic rings. The predicted octanol–water partition coefficient (Wildman–Crippen LogP) is 2.27. The molecular formula is C17H16N2O. The molecule has 0 saturated heterocycles. The first-order chi connectivity index (χ1) is 9.74. The SMILES string of the molecule is CN(C(=O)c1ccccc1C#CCN)c1ccccc1. The average Bonchev–Trinajstić information content (AvgIpc) is 2.52. The molecule has 0 aromatic heterocycles. The van der Waals surface area contributed by atoms with Gasteiger partial charge in [-0.15, -0.1) is 0 Å². The molecule has 2 aromatic carbocycles. The lowest BCUT2D eigenvalue weighted by atomic mass is 10.1. The van der Waals surface area contributed by atoms with Crippen molar-refractivity contribution >= 4 is 11.6 Å². The lowest BCUT2D eigenvalue weighted by Crippen LogP contribution is -2.26. The molecule has 3 heteroatoms. The third-order valence-corrected chi connectivity index (χ3v) is 2.93. The molecule has 2 N–H and O–H groups in total. The van der Waals surface area contributed by atoms with Gasteiger partial charge in [-0.3, -0.25) is 4.79 Å². The molecule has 2 aromatic rings. The van der Waals surface area contributed by atoms with Crippen molar-refractivity contribution in [1.82, 2.24) is 0 Å². The van der Waals surface area contributed by atoms with Crippen LogP contribution in [-0.4, -0.2) is 19.5 Å². The van der Waals surface area contributed by atoms with Crippen molar-refractivity contribution < 1.29 is 4.79 Å². The van der Waals surface area contributed by atoms with Gasteiger partial charge in [0.2, 0.25) is 0 Å². The highest BCUT2D eigenvalue weighted by Crippen LogP contribution is 2.16. The standard InChI is InChI=1S/C17H16N2O/c1-19(15-10-3-2-4-11-15)17(20)16-12-6-5-8-14(16)9-7-13-18/h2-6,8,10-12H,13,18H2,1H3. The highest BCUT2D eigenvalue weighted by atomic mass is 16.2. The fourth-order valence-corrected chi connectivity index (χ4v) is 1.87. The third kappa shape index (κ3) is 3.05. The molecule has 3 nitrogen and oxygen atoms in total. The van der Waals surface area contributed by atoms with E-state index in [1.54, 1.807) is 18.0 Å². The molecule has 20 heavy (non-hydrogen) atoms. The fraction of sp³-hybridized carbons (Fsp3) is 0.118. The lowest BCUT2D eigenvalue weighted by Gasteiger charge is -2.18. The molecular weight excluding hydrogens is 248 g/mol. The number of para-hydroxylation sites is 1. The van der Waals surface area contributed by atoms with Crippen LogP contribution in [0.2, 0.25) is 0 Å². The molecule has 0 spiro atoms. The number of carbonyl (C=O) groups is 1. The lowest BCUT2D eigenvalue weighted by molar-refractivity contribution is 0.0993. The largest absolute Gasteiger partial charge is 0.320 e. The zero-order valence-corrected chi connectivity index (χ0v) is 11.3. The van der Waals surface area contributed by atoms with E-state index >= 15 is 0 Å². The second-order valence-corrected chi connectivity index (χ2v) is 4.25. The van der Waals surface area contributed by atoms with E-state index in [0.717, 1.165) is 5.69 Å². The van der Waals surface area contributed by atoms with Gasteiger partial charge in [0.25, 0.3) is 5.91 Å². The summed E-state index contributed by atoms with van der Waals surface area (Å²) in [6.07, 6.45) is 0. The van der Waals surface area contributed by atoms with Gasteiger partial charge < -0.3 is 10.6 Å². The molecule has 100 valence electrons. The van der Waals surface area contributed by atoms with Crippen LogP contribution < -0.4 is 10.6 Å². The molecule has 0 radical (unpaired) electrons. The van der Waals surface area contributed by atoms with Gasteiger partial charge >= 0.3 is 0 Å². The van der Waals surface area contributed by atoms with Gasteiger partial charge in [-0.25, -0.2) is 0 Å². The number of hydrogen-bond donors (Lipinski definition) is 1. The van der Waals surface area contributed by atoms with Gasteiger partial charge in [-0.1, -0.05) is 42.2 Å². The molecule has 0 aliphatic carbocycles. The van der Waals surface area contributed by atoms with Crippen LogP contribution in [-0.2, 0) is 0 Å². The van der Waals surface area contributed by atoms with Gasteiger partial charge in [0, 0.05) is 18.3 Å². The summed E-state index contributed by atoms with van der Waals surface area (Å²) in [4.78, 5) is 14.2. The highest BCUT2D eigenvalue weighted by Gasteiger charge is 2.15. The van der Waals surface area contributed by atoms with Gasteiger partial charge in [0.05, 0.1) is 12.1 Å². The van der Waals surface area contributed by atoms with Crippen molar-refractivity contribution in [2.75, 3.05) is 18.5 Å². The smallest absolute Gasteiger partial charge is 0.259 e. The Balaban J connectivity index is 2.34. The number of benzene rings is 2. The minimum atomic E-state index is -0.0851. The number of amides is 1. The Morgan fingerprint density at radius 3 is 2.45 bits per heavy atom. The molecule has 0 aliphatic heterocycles. The maximum absolute atomic E-state index is 12.6. The van der Waals surface area contributed by atoms with Gasteiger partial charge in [0.1, 0.15) is 0 Å². The first kappa shape index (κ1) is 13.9. The van der Waals surface area contributed by atoms with Crippen LogP contribution in [0.1, 0.15) is 15.9 Å². The third-order valence-electron chi connectivity index (χ3n) is 2.93. The summed E-state index contributed by atoms with van der Waals surface area (Å²) in [6, 6.07) is 16.8. The molecule has 0 atom stereocenters. The summed E-state index contributed by atoms with van der Waals surface area (Å²) in [5.74, 6) is 5.64. The maximum atomic E-state index is 12.6. The van der Waals surface area contributed by atoms with Crippen molar-refractivity contribution in [3.05, 3.63) is 65.7 Å². The number of rotatable bonds is 2. The quantitative estimate of drug-likeness (QED) is 0.846. The number of nitrogens with zero attached hydrogens (tertiary/aromatic N) is 1. The second kappa shape index (κ2) is 6.55. The van der Waals surface area contributed by atoms with Crippen LogP contribution in [0, 0.1) is 11.8 Å². The van der Waals surface area contributed by atoms with E-state index in [2.05, 4.69) is 11.8 Å². The van der Waals surface area contributed by atoms with E-state index < -0.39 is 0 Å². The summed E-state index contributed by atoms with van der Waals surface area (Å²) >= 11 is 0. The minimum absolute atomic E-state index is 0.0851. The summed E-state index contributed by atoms with van der Waals surface area (Å²) < 4.78 is 0. The Hall–Kier alpha value is -2.57. The maximum Gasteiger partial charge on any atom is 0.259 e. The number of carbonyl (C=O) groups excluding carboxylic acids is 1. The van der Waals surface area contributed by atoms with Crippen LogP contribution in [0.3, 0.4) is 0 Å². The fourth-order valence-electron chi connectivity index (χ4n) is 1.87. The Labute approximate surface area is 119 Å². The molecule has 0 fully saturated rings. The Kier molecular flexibility index (Phi) is 4.54. The van der Waals surface area contributed by atoms with E-state index in [-0.39, 0.29) is 12.5 Å². The van der Waals surface area contributed by atoms with Crippen molar-refractivity contribution in [2.24, 2.45) is 5.73 Å². The van der Waals surface area contributed by atoms with Crippen molar-refractivity contribution in [2.45, 2.75) is 0 Å². The molecule has 0 heterocycles. The van der Waals surface area contributed by atoms with Crippen LogP contribution in [0.15, 0.2) is 54.6 Å². The van der Waals surface area contributed by atoms with Gasteiger partial charge in [0.15, 0.2) is 0 Å². The molecule has 2 rings (SSSR count). The minimum Gasteiger partial charge on any atom is -0.320 e. The zero-order valence-electron chi connectivity index (χ0n) is 11.3. The van der Waals surface area contributed by atoms with Gasteiger partial charge in [-0.2, -0.15) is 0 Å². The number of anilines is 1. The van der Waals surface area contributed by atoms with Crippen molar-refractivity contribution in [3.63, 3.8) is 0 Å². The Morgan fingerprint density at radius 2 is 1.75 bits per heavy atom. The van der Waals surface area contributed by atoms with E-state index in [9.17, 15) is 4.79 Å². The van der Waals surface area contributed by atoms with E-state index in [4.69, 9.17) is 5.73 Å². The number of hydrogen-bond acceptors (Lipinski definition) is 2. The first-order valence-corrected chi connectivity index (χ1v) is 6.35. The van der Waals surface area contributed by atoms with E-state index in [0.29, 0.717) is 11.1 Å². The Bertz CT molecular complexity index is 653. The van der Waals surface area contributed by atoms with Crippen LogP contribution in [0.5, 0.6) is 0 Å². The summed E-state index contributed by atoms with van der Waals surface area (Å²) in [7, 11) is 1.75. The predicted molar refractivity (Wildman–Crippen MR) is 81.5 cm³/mol. The van der Waals surface area contributed by atoms with Crippen LogP contribution in [0.25, 0.3) is 0 Å². The second-order valence-electron chi connectivity index (χ2n) is 4.25. The monoisotopic (exact) mass is 264 g/mol. The van der Waals surface area contributed by atoms with Crippen LogP contribution in [0.4, 0.5) is 5.69 Å². The molecule has 0 unspecified atom stereocenters. The normalized spacial score (nSPS) is 9.50. The first-order valence-electron chi connectivity index (χ1n) is 6.35. The van der Waals surface area contributed by atoms with Crippen molar-refractivity contribution in [1.29, 1.82) is 0 Å². The Morgan fingerprint density at radius 1 is 1.10 bits per heavy atom. The van der Waals surface area contributed by atoms with Crippen LogP contribution >= 0.6 is 0 Å².